The highest BCUT2D eigenvalue weighted by atomic mass is 35.5. The number of methoxy groups -OCH3 is 1. The molecule has 2 heterocycles. The Kier molecular flexibility index (Phi) is 5.53. The molecule has 2 aromatic carbocycles. The summed E-state index contributed by atoms with van der Waals surface area (Å²) in [6, 6.07) is 7.47. The summed E-state index contributed by atoms with van der Waals surface area (Å²) in [5.41, 5.74) is 5.29. The van der Waals surface area contributed by atoms with Crippen molar-refractivity contribution in [1.29, 1.82) is 0 Å². The van der Waals surface area contributed by atoms with Crippen molar-refractivity contribution in [3.63, 3.8) is 0 Å². The number of hydrogen-bond donors (Lipinski definition) is 2. The minimum Gasteiger partial charge on any atom is -0.480 e. The Labute approximate surface area is 186 Å². The van der Waals surface area contributed by atoms with Crippen molar-refractivity contribution in [2.45, 2.75) is 4.90 Å². The number of ether oxygens (including phenoxy) is 1. The number of nitrogens with two attached hydrogens (primary N) is 1. The number of anilines is 2. The highest BCUT2D eigenvalue weighted by molar-refractivity contribution is 7.92. The van der Waals surface area contributed by atoms with Gasteiger partial charge in [0.25, 0.3) is 10.0 Å². The van der Waals surface area contributed by atoms with Crippen LogP contribution in [0.4, 0.5) is 20.4 Å². The first-order valence-corrected chi connectivity index (χ1v) is 10.8. The zero-order chi connectivity index (χ0) is 23.0. The van der Waals surface area contributed by atoms with E-state index >= 15 is 4.39 Å². The molecule has 0 radical (unpaired) electrons. The SMILES string of the molecule is COc1ncc(Cl)cc1S(=O)(=O)Nc1ccc(F)c(-c2ccc3nc(N)ncc3c2)c1F. The molecule has 4 aromatic rings. The van der Waals surface area contributed by atoms with E-state index in [2.05, 4.69) is 19.7 Å². The molecule has 4 rings (SSSR count). The Morgan fingerprint density at radius 3 is 2.62 bits per heavy atom. The van der Waals surface area contributed by atoms with Gasteiger partial charge < -0.3 is 10.5 Å². The first-order valence-electron chi connectivity index (χ1n) is 8.92. The van der Waals surface area contributed by atoms with Gasteiger partial charge in [-0.05, 0) is 35.9 Å². The van der Waals surface area contributed by atoms with Crippen LogP contribution in [0.3, 0.4) is 0 Å². The largest absolute Gasteiger partial charge is 0.480 e. The number of rotatable bonds is 5. The van der Waals surface area contributed by atoms with Crippen LogP contribution in [0, 0.1) is 11.6 Å². The number of sulfonamides is 1. The highest BCUT2D eigenvalue weighted by Gasteiger charge is 2.25. The van der Waals surface area contributed by atoms with Crippen molar-refractivity contribution in [2.24, 2.45) is 0 Å². The first-order chi connectivity index (χ1) is 15.2. The predicted octanol–water partition coefficient (Wildman–Crippen LogP) is 4.02. The molecular weight excluding hydrogens is 464 g/mol. The van der Waals surface area contributed by atoms with Crippen molar-refractivity contribution >= 4 is 44.2 Å². The Morgan fingerprint density at radius 2 is 1.88 bits per heavy atom. The molecule has 0 aliphatic rings. The van der Waals surface area contributed by atoms with Gasteiger partial charge in [-0.2, -0.15) is 0 Å². The molecule has 12 heteroatoms. The zero-order valence-corrected chi connectivity index (χ0v) is 17.9. The predicted molar refractivity (Wildman–Crippen MR) is 116 cm³/mol. The molecule has 0 saturated heterocycles. The summed E-state index contributed by atoms with van der Waals surface area (Å²) < 4.78 is 62.6. The van der Waals surface area contributed by atoms with Gasteiger partial charge in [0.1, 0.15) is 5.82 Å². The van der Waals surface area contributed by atoms with E-state index in [9.17, 15) is 12.8 Å². The molecule has 164 valence electrons. The number of pyridine rings is 1. The topological polar surface area (TPSA) is 120 Å². The molecule has 0 unspecified atom stereocenters. The second-order valence-corrected chi connectivity index (χ2v) is 8.64. The lowest BCUT2D eigenvalue weighted by atomic mass is 10.0. The summed E-state index contributed by atoms with van der Waals surface area (Å²) >= 11 is 5.85. The number of halogens is 3. The van der Waals surface area contributed by atoms with Crippen LogP contribution in [0.1, 0.15) is 0 Å². The number of nitrogens with zero attached hydrogens (tertiary/aromatic N) is 3. The lowest BCUT2D eigenvalue weighted by Gasteiger charge is -2.14. The standard InChI is InChI=1S/C20H14ClF2N5O3S/c1-31-19-16(7-12(21)9-25-19)32(29,30)28-15-5-3-13(22)17(18(15)23)10-2-4-14-11(6-10)8-26-20(24)27-14/h2-9,28H,1H3,(H2,24,26,27). The van der Waals surface area contributed by atoms with Gasteiger partial charge in [0.15, 0.2) is 10.7 Å². The van der Waals surface area contributed by atoms with E-state index in [-0.39, 0.29) is 22.4 Å². The van der Waals surface area contributed by atoms with Crippen LogP contribution in [0.25, 0.3) is 22.0 Å². The third-order valence-electron chi connectivity index (χ3n) is 4.49. The maximum Gasteiger partial charge on any atom is 0.267 e. The minimum absolute atomic E-state index is 0.0328. The van der Waals surface area contributed by atoms with Crippen LogP contribution in [-0.2, 0) is 10.0 Å². The fourth-order valence-corrected chi connectivity index (χ4v) is 4.48. The second kappa shape index (κ2) is 8.17. The lowest BCUT2D eigenvalue weighted by Crippen LogP contribution is -2.16. The van der Waals surface area contributed by atoms with Crippen LogP contribution in [0.15, 0.2) is 53.7 Å². The van der Waals surface area contributed by atoms with Crippen molar-refractivity contribution in [3.8, 4) is 17.0 Å². The fraction of sp³-hybridized carbons (Fsp3) is 0.0500. The molecule has 3 N–H and O–H groups in total. The van der Waals surface area contributed by atoms with Crippen LogP contribution in [0.5, 0.6) is 5.88 Å². The third kappa shape index (κ3) is 3.99. The summed E-state index contributed by atoms with van der Waals surface area (Å²) in [5, 5.41) is 0.529. The Morgan fingerprint density at radius 1 is 1.09 bits per heavy atom. The van der Waals surface area contributed by atoms with E-state index < -0.39 is 37.8 Å². The van der Waals surface area contributed by atoms with E-state index in [1.54, 1.807) is 0 Å². The fourth-order valence-electron chi connectivity index (χ4n) is 3.05. The number of aromatic nitrogens is 3. The lowest BCUT2D eigenvalue weighted by molar-refractivity contribution is 0.385. The van der Waals surface area contributed by atoms with Crippen molar-refractivity contribution in [3.05, 3.63) is 65.4 Å². The minimum atomic E-state index is -4.37. The summed E-state index contributed by atoms with van der Waals surface area (Å²) in [6.45, 7) is 0. The van der Waals surface area contributed by atoms with Crippen LogP contribution in [0.2, 0.25) is 5.02 Å². The first kappa shape index (κ1) is 21.7. The summed E-state index contributed by atoms with van der Waals surface area (Å²) in [5.74, 6) is -2.18. The van der Waals surface area contributed by atoms with E-state index in [0.717, 1.165) is 18.2 Å². The van der Waals surface area contributed by atoms with Crippen LogP contribution < -0.4 is 15.2 Å². The van der Waals surface area contributed by atoms with E-state index in [0.29, 0.717) is 10.9 Å². The molecule has 0 atom stereocenters. The van der Waals surface area contributed by atoms with Gasteiger partial charge in [0.05, 0.1) is 28.9 Å². The summed E-state index contributed by atoms with van der Waals surface area (Å²) in [4.78, 5) is 11.3. The maximum absolute atomic E-state index is 15.3. The molecule has 0 aliphatic carbocycles. The Balaban J connectivity index is 1.79. The van der Waals surface area contributed by atoms with E-state index in [1.807, 2.05) is 0 Å². The quantitative estimate of drug-likeness (QED) is 0.445. The molecular formula is C20H14ClF2N5O3S. The number of fused-ring (bicyclic) bond motifs is 1. The van der Waals surface area contributed by atoms with Crippen LogP contribution in [-0.4, -0.2) is 30.5 Å². The van der Waals surface area contributed by atoms with Gasteiger partial charge in [-0.1, -0.05) is 17.7 Å². The summed E-state index contributed by atoms with van der Waals surface area (Å²) in [7, 11) is -3.15. The van der Waals surface area contributed by atoms with Gasteiger partial charge in [0.2, 0.25) is 11.8 Å². The monoisotopic (exact) mass is 477 g/mol. The molecule has 0 spiro atoms. The maximum atomic E-state index is 15.3. The third-order valence-corrected chi connectivity index (χ3v) is 6.06. The van der Waals surface area contributed by atoms with Crippen molar-refractivity contribution in [1.82, 2.24) is 15.0 Å². The van der Waals surface area contributed by atoms with Gasteiger partial charge in [0, 0.05) is 17.8 Å². The highest BCUT2D eigenvalue weighted by Crippen LogP contribution is 2.34. The average Bonchev–Trinajstić information content (AvgIpc) is 2.76. The normalized spacial score (nSPS) is 11.5. The summed E-state index contributed by atoms with van der Waals surface area (Å²) in [6.07, 6.45) is 2.62. The number of hydrogen-bond acceptors (Lipinski definition) is 7. The molecule has 32 heavy (non-hydrogen) atoms. The molecule has 0 bridgehead atoms. The van der Waals surface area contributed by atoms with Crippen molar-refractivity contribution in [2.75, 3.05) is 17.6 Å². The number of benzene rings is 2. The van der Waals surface area contributed by atoms with E-state index in [1.165, 1.54) is 37.7 Å². The molecule has 0 fully saturated rings. The van der Waals surface area contributed by atoms with Gasteiger partial charge in [-0.25, -0.2) is 32.2 Å². The molecule has 2 aromatic heterocycles. The van der Waals surface area contributed by atoms with E-state index in [4.69, 9.17) is 22.1 Å². The second-order valence-electron chi connectivity index (χ2n) is 6.55. The van der Waals surface area contributed by atoms with Gasteiger partial charge in [-0.15, -0.1) is 0 Å². The molecule has 0 saturated carbocycles. The Bertz CT molecular complexity index is 1470. The zero-order valence-electron chi connectivity index (χ0n) is 16.3. The number of nitrogens with one attached hydrogen (secondary N) is 1. The molecule has 0 aliphatic heterocycles. The van der Waals surface area contributed by atoms with Gasteiger partial charge in [-0.3, -0.25) is 4.72 Å². The molecule has 0 amide bonds. The average molecular weight is 478 g/mol. The smallest absolute Gasteiger partial charge is 0.267 e. The van der Waals surface area contributed by atoms with Gasteiger partial charge >= 0.3 is 0 Å². The van der Waals surface area contributed by atoms with Crippen LogP contribution >= 0.6 is 11.6 Å². The molecule has 8 nitrogen and oxygen atoms in total. The number of nitrogen functional groups attached to an aromatic ring is 1. The Hall–Kier alpha value is -3.57. The van der Waals surface area contributed by atoms with Crippen molar-refractivity contribution < 1.29 is 21.9 Å².